The van der Waals surface area contributed by atoms with Crippen molar-refractivity contribution in [3.8, 4) is 5.75 Å². The van der Waals surface area contributed by atoms with E-state index in [1.54, 1.807) is 38.3 Å². The number of Topliss-reactive ketones (excluding diaryl/α,β-unsaturated/α-hetero) is 1. The maximum Gasteiger partial charge on any atom is 0.307 e. The molecule has 6 heteroatoms. The minimum Gasteiger partial charge on any atom is -0.497 e. The second kappa shape index (κ2) is 7.82. The minimum atomic E-state index is -0.862. The smallest absolute Gasteiger partial charge is 0.307 e. The molecule has 0 bridgehead atoms. The van der Waals surface area contributed by atoms with Crippen LogP contribution in [-0.4, -0.2) is 30.0 Å². The zero-order chi connectivity index (χ0) is 18.5. The van der Waals surface area contributed by atoms with E-state index in [-0.39, 0.29) is 12.2 Å². The molecule has 6 nitrogen and oxygen atoms in total. The summed E-state index contributed by atoms with van der Waals surface area (Å²) in [7, 11) is 1.55. The predicted octanol–water partition coefficient (Wildman–Crippen LogP) is 3.58. The van der Waals surface area contributed by atoms with E-state index in [1.165, 1.54) is 0 Å². The third-order valence-corrected chi connectivity index (χ3v) is 3.93. The maximum absolute atomic E-state index is 12.3. The molecule has 0 radical (unpaired) electrons. The second-order valence-electron chi connectivity index (χ2n) is 5.80. The fourth-order valence-electron chi connectivity index (χ4n) is 2.54. The molecule has 0 saturated heterocycles. The first-order valence-corrected chi connectivity index (χ1v) is 8.29. The molecule has 0 unspecified atom stereocenters. The normalized spacial score (nSPS) is 11.9. The molecule has 0 fully saturated rings. The standard InChI is InChI=1S/C20H19NO5/c1-13(20(23)14-7-9-15(24-2)10-8-14)25-19(22)12-11-18-21-16-5-3-4-6-17(16)26-18/h3-10,13H,11-12H2,1-2H3/t13-/m0/s1. The van der Waals surface area contributed by atoms with Gasteiger partial charge in [0.05, 0.1) is 13.5 Å². The van der Waals surface area contributed by atoms with Crippen molar-refractivity contribution in [3.05, 3.63) is 60.0 Å². The van der Waals surface area contributed by atoms with Gasteiger partial charge in [-0.3, -0.25) is 9.59 Å². The Kier molecular flexibility index (Phi) is 5.31. The SMILES string of the molecule is COc1ccc(C(=O)[C@H](C)OC(=O)CCc2nc3ccccc3o2)cc1. The number of fused-ring (bicyclic) bond motifs is 1. The molecule has 2 aromatic carbocycles. The van der Waals surface area contributed by atoms with E-state index in [0.29, 0.717) is 29.2 Å². The Labute approximate surface area is 150 Å². The van der Waals surface area contributed by atoms with Crippen molar-refractivity contribution in [2.45, 2.75) is 25.9 Å². The minimum absolute atomic E-state index is 0.0903. The number of rotatable bonds is 7. The first-order valence-electron chi connectivity index (χ1n) is 8.29. The molecular weight excluding hydrogens is 334 g/mol. The lowest BCUT2D eigenvalue weighted by atomic mass is 10.1. The lowest BCUT2D eigenvalue weighted by molar-refractivity contribution is -0.146. The quantitative estimate of drug-likeness (QED) is 0.477. The van der Waals surface area contributed by atoms with Crippen LogP contribution >= 0.6 is 0 Å². The Balaban J connectivity index is 1.53. The van der Waals surface area contributed by atoms with Gasteiger partial charge in [0.2, 0.25) is 5.78 Å². The van der Waals surface area contributed by atoms with Gasteiger partial charge >= 0.3 is 5.97 Å². The number of ether oxygens (including phenoxy) is 2. The van der Waals surface area contributed by atoms with E-state index in [4.69, 9.17) is 13.9 Å². The van der Waals surface area contributed by atoms with Crippen molar-refractivity contribution >= 4 is 22.9 Å². The molecule has 3 aromatic rings. The molecule has 3 rings (SSSR count). The van der Waals surface area contributed by atoms with Crippen LogP contribution in [0.4, 0.5) is 0 Å². The van der Waals surface area contributed by atoms with Gasteiger partial charge in [-0.25, -0.2) is 4.98 Å². The lowest BCUT2D eigenvalue weighted by Crippen LogP contribution is -2.24. The number of carbonyl (C=O) groups excluding carboxylic acids is 2. The van der Waals surface area contributed by atoms with Crippen LogP contribution in [0.15, 0.2) is 52.9 Å². The van der Waals surface area contributed by atoms with E-state index >= 15 is 0 Å². The van der Waals surface area contributed by atoms with E-state index in [2.05, 4.69) is 4.98 Å². The number of ketones is 1. The number of oxazole rings is 1. The van der Waals surface area contributed by atoms with Gasteiger partial charge in [-0.1, -0.05) is 12.1 Å². The van der Waals surface area contributed by atoms with Crippen LogP contribution in [0.5, 0.6) is 5.75 Å². The molecule has 0 aliphatic carbocycles. The van der Waals surface area contributed by atoms with Gasteiger partial charge in [-0.15, -0.1) is 0 Å². The number of hydrogen-bond acceptors (Lipinski definition) is 6. The highest BCUT2D eigenvalue weighted by Gasteiger charge is 2.20. The first-order chi connectivity index (χ1) is 12.6. The number of para-hydroxylation sites is 2. The third kappa shape index (κ3) is 4.08. The van der Waals surface area contributed by atoms with Gasteiger partial charge in [0.1, 0.15) is 11.3 Å². The highest BCUT2D eigenvalue weighted by atomic mass is 16.5. The Morgan fingerprint density at radius 1 is 1.12 bits per heavy atom. The summed E-state index contributed by atoms with van der Waals surface area (Å²) >= 11 is 0. The average Bonchev–Trinajstić information content (AvgIpc) is 3.09. The Morgan fingerprint density at radius 3 is 2.54 bits per heavy atom. The van der Waals surface area contributed by atoms with E-state index in [9.17, 15) is 9.59 Å². The summed E-state index contributed by atoms with van der Waals surface area (Å²) in [5, 5.41) is 0. The van der Waals surface area contributed by atoms with Crippen molar-refractivity contribution in [1.82, 2.24) is 4.98 Å². The number of hydrogen-bond donors (Lipinski definition) is 0. The lowest BCUT2D eigenvalue weighted by Gasteiger charge is -2.12. The topological polar surface area (TPSA) is 78.6 Å². The summed E-state index contributed by atoms with van der Waals surface area (Å²) in [4.78, 5) is 28.6. The fraction of sp³-hybridized carbons (Fsp3) is 0.250. The fourth-order valence-corrected chi connectivity index (χ4v) is 2.54. The number of esters is 1. The van der Waals surface area contributed by atoms with Crippen LogP contribution < -0.4 is 4.74 Å². The highest BCUT2D eigenvalue weighted by Crippen LogP contribution is 2.17. The Hall–Kier alpha value is -3.15. The van der Waals surface area contributed by atoms with E-state index in [0.717, 1.165) is 5.52 Å². The van der Waals surface area contributed by atoms with Crippen LogP contribution in [0.25, 0.3) is 11.1 Å². The number of nitrogens with zero attached hydrogens (tertiary/aromatic N) is 1. The van der Waals surface area contributed by atoms with Crippen LogP contribution in [0.1, 0.15) is 29.6 Å². The molecule has 0 aliphatic heterocycles. The summed E-state index contributed by atoms with van der Waals surface area (Å²) in [5.74, 6) is 0.395. The van der Waals surface area contributed by atoms with Gasteiger partial charge in [0, 0.05) is 12.0 Å². The Morgan fingerprint density at radius 2 is 1.85 bits per heavy atom. The molecule has 134 valence electrons. The number of aryl methyl sites for hydroxylation is 1. The Bertz CT molecular complexity index is 880. The van der Waals surface area contributed by atoms with Crippen molar-refractivity contribution in [2.24, 2.45) is 0 Å². The van der Waals surface area contributed by atoms with Crippen LogP contribution in [0.3, 0.4) is 0 Å². The van der Waals surface area contributed by atoms with Crippen molar-refractivity contribution in [2.75, 3.05) is 7.11 Å². The van der Waals surface area contributed by atoms with E-state index in [1.807, 2.05) is 24.3 Å². The van der Waals surface area contributed by atoms with Crippen molar-refractivity contribution in [3.63, 3.8) is 0 Å². The van der Waals surface area contributed by atoms with E-state index < -0.39 is 12.1 Å². The zero-order valence-corrected chi connectivity index (χ0v) is 14.6. The van der Waals surface area contributed by atoms with Crippen molar-refractivity contribution in [1.29, 1.82) is 0 Å². The molecule has 0 amide bonds. The first kappa shape index (κ1) is 17.7. The van der Waals surface area contributed by atoms with Gasteiger partial charge < -0.3 is 13.9 Å². The zero-order valence-electron chi connectivity index (χ0n) is 14.6. The number of benzene rings is 2. The van der Waals surface area contributed by atoms with Crippen LogP contribution in [0.2, 0.25) is 0 Å². The number of carbonyl (C=O) groups is 2. The summed E-state index contributed by atoms with van der Waals surface area (Å²) in [6, 6.07) is 14.1. The summed E-state index contributed by atoms with van der Waals surface area (Å²) < 4.78 is 15.9. The number of methoxy groups -OCH3 is 1. The van der Waals surface area contributed by atoms with Gasteiger partial charge in [0.15, 0.2) is 17.6 Å². The highest BCUT2D eigenvalue weighted by molar-refractivity contribution is 6.00. The molecule has 0 N–H and O–H groups in total. The van der Waals surface area contributed by atoms with Crippen LogP contribution in [0, 0.1) is 0 Å². The maximum atomic E-state index is 12.3. The molecule has 26 heavy (non-hydrogen) atoms. The second-order valence-corrected chi connectivity index (χ2v) is 5.80. The molecule has 0 spiro atoms. The molecule has 1 aromatic heterocycles. The summed E-state index contributed by atoms with van der Waals surface area (Å²) in [6.07, 6.45) is -0.455. The molecule has 1 heterocycles. The molecule has 0 saturated carbocycles. The third-order valence-electron chi connectivity index (χ3n) is 3.93. The van der Waals surface area contributed by atoms with Crippen LogP contribution in [-0.2, 0) is 16.0 Å². The molecule has 1 atom stereocenters. The number of aromatic nitrogens is 1. The van der Waals surface area contributed by atoms with Gasteiger partial charge in [-0.2, -0.15) is 0 Å². The molecular formula is C20H19NO5. The largest absolute Gasteiger partial charge is 0.497 e. The monoisotopic (exact) mass is 353 g/mol. The molecule has 0 aliphatic rings. The summed E-state index contributed by atoms with van der Waals surface area (Å²) in [5.41, 5.74) is 1.89. The predicted molar refractivity (Wildman–Crippen MR) is 95.2 cm³/mol. The van der Waals surface area contributed by atoms with Gasteiger partial charge in [0.25, 0.3) is 0 Å². The summed E-state index contributed by atoms with van der Waals surface area (Å²) in [6.45, 7) is 1.56. The van der Waals surface area contributed by atoms with Gasteiger partial charge in [-0.05, 0) is 43.3 Å². The van der Waals surface area contributed by atoms with Crippen molar-refractivity contribution < 1.29 is 23.5 Å². The average molecular weight is 353 g/mol.